The number of esters is 1. The Labute approximate surface area is 226 Å². The fourth-order valence-corrected chi connectivity index (χ4v) is 3.73. The summed E-state index contributed by atoms with van der Waals surface area (Å²) >= 11 is 0. The number of hydrazone groups is 1. The van der Waals surface area contributed by atoms with E-state index in [0.29, 0.717) is 11.4 Å². The average Bonchev–Trinajstić information content (AvgIpc) is 3.16. The molecule has 1 heterocycles. The first kappa shape index (κ1) is 27.2. The molecule has 0 radical (unpaired) electrons. The summed E-state index contributed by atoms with van der Waals surface area (Å²) in [7, 11) is 1.64. The van der Waals surface area contributed by atoms with Crippen LogP contribution >= 0.6 is 0 Å². The number of benzene rings is 3. The van der Waals surface area contributed by atoms with E-state index in [1.165, 1.54) is 41.1 Å². The lowest BCUT2D eigenvalue weighted by Gasteiger charge is -2.07. The van der Waals surface area contributed by atoms with Crippen LogP contribution in [0.25, 0.3) is 5.69 Å². The van der Waals surface area contributed by atoms with E-state index < -0.39 is 34.0 Å². The van der Waals surface area contributed by atoms with Gasteiger partial charge in [-0.25, -0.2) is 14.9 Å². The van der Waals surface area contributed by atoms with E-state index in [9.17, 15) is 29.3 Å². The van der Waals surface area contributed by atoms with Crippen molar-refractivity contribution >= 4 is 35.4 Å². The molecule has 0 bridgehead atoms. The first-order valence-electron chi connectivity index (χ1n) is 11.7. The number of rotatable bonds is 7. The molecular weight excluding hydrogens is 520 g/mol. The van der Waals surface area contributed by atoms with E-state index in [-0.39, 0.29) is 22.6 Å². The molecule has 0 aliphatic rings. The fraction of sp³-hybridized carbons (Fsp3) is 0.0741. The third-order valence-corrected chi connectivity index (χ3v) is 5.81. The second-order valence-electron chi connectivity index (χ2n) is 8.29. The van der Waals surface area contributed by atoms with Crippen LogP contribution in [0.5, 0.6) is 5.75 Å². The van der Waals surface area contributed by atoms with Crippen molar-refractivity contribution in [2.75, 3.05) is 5.32 Å². The zero-order chi connectivity index (χ0) is 28.8. The Hall–Kier alpha value is -5.85. The van der Waals surface area contributed by atoms with Crippen LogP contribution in [0.3, 0.4) is 0 Å². The van der Waals surface area contributed by atoms with Gasteiger partial charge in [0.2, 0.25) is 0 Å². The number of nitro benzene ring substituents is 1. The second-order valence-corrected chi connectivity index (χ2v) is 8.29. The van der Waals surface area contributed by atoms with Crippen LogP contribution < -0.4 is 21.0 Å². The van der Waals surface area contributed by atoms with Gasteiger partial charge in [-0.05, 0) is 37.3 Å². The van der Waals surface area contributed by atoms with E-state index in [1.807, 2.05) is 0 Å². The summed E-state index contributed by atoms with van der Waals surface area (Å²) in [5.41, 5.74) is 2.04. The Morgan fingerprint density at radius 2 is 1.60 bits per heavy atom. The van der Waals surface area contributed by atoms with Crippen LogP contribution in [-0.2, 0) is 16.6 Å². The minimum atomic E-state index is -1.15. The molecule has 0 saturated carbocycles. The summed E-state index contributed by atoms with van der Waals surface area (Å²) in [5.74, 6) is -3.23. The Balaban J connectivity index is 1.45. The van der Waals surface area contributed by atoms with E-state index in [0.717, 1.165) is 6.21 Å². The molecule has 4 aromatic rings. The fourth-order valence-electron chi connectivity index (χ4n) is 3.73. The van der Waals surface area contributed by atoms with E-state index >= 15 is 0 Å². The van der Waals surface area contributed by atoms with Crippen LogP contribution in [0, 0.1) is 17.0 Å². The third-order valence-electron chi connectivity index (χ3n) is 5.81. The van der Waals surface area contributed by atoms with Crippen molar-refractivity contribution in [1.29, 1.82) is 0 Å². The predicted molar refractivity (Wildman–Crippen MR) is 145 cm³/mol. The molecule has 0 aliphatic heterocycles. The molecule has 0 aliphatic carbocycles. The summed E-state index contributed by atoms with van der Waals surface area (Å²) in [6.07, 6.45) is 1.13. The number of aromatic nitrogens is 2. The van der Waals surface area contributed by atoms with Crippen molar-refractivity contribution in [2.45, 2.75) is 6.92 Å². The lowest BCUT2D eigenvalue weighted by molar-refractivity contribution is -0.385. The van der Waals surface area contributed by atoms with Crippen LogP contribution in [0.4, 0.5) is 11.4 Å². The SMILES string of the molecule is Cc1c(NC(=O)C(=O)NN=Cc2ccccc2OC(=O)c2ccccc2[N+](=O)[O-])c(=O)n(-c2ccccc2)n1C. The normalized spacial score (nSPS) is 10.8. The summed E-state index contributed by atoms with van der Waals surface area (Å²) in [5, 5.41) is 17.3. The van der Waals surface area contributed by atoms with Crippen molar-refractivity contribution in [3.63, 3.8) is 0 Å². The Bertz CT molecular complexity index is 1710. The highest BCUT2D eigenvalue weighted by atomic mass is 16.6. The number of carbonyl (C=O) groups is 3. The minimum Gasteiger partial charge on any atom is -0.422 e. The standard InChI is InChI=1S/C27H22N6O7/c1-17-23(26(36)32(31(17)2)19-11-4-3-5-12-19)29-24(34)25(35)30-28-16-18-10-6-9-15-22(18)40-27(37)20-13-7-8-14-21(20)33(38)39/h3-16H,1-2H3,(H,29,34)(H,30,35). The highest BCUT2D eigenvalue weighted by Crippen LogP contribution is 2.22. The Kier molecular flexibility index (Phi) is 7.94. The molecule has 40 heavy (non-hydrogen) atoms. The van der Waals surface area contributed by atoms with Gasteiger partial charge < -0.3 is 10.1 Å². The van der Waals surface area contributed by atoms with Crippen molar-refractivity contribution in [3.8, 4) is 11.4 Å². The maximum Gasteiger partial charge on any atom is 0.350 e. The van der Waals surface area contributed by atoms with E-state index in [4.69, 9.17) is 4.74 Å². The Morgan fingerprint density at radius 3 is 2.33 bits per heavy atom. The molecule has 1 aromatic heterocycles. The van der Waals surface area contributed by atoms with E-state index in [2.05, 4.69) is 15.8 Å². The maximum absolute atomic E-state index is 12.9. The molecular formula is C27H22N6O7. The predicted octanol–water partition coefficient (Wildman–Crippen LogP) is 2.70. The lowest BCUT2D eigenvalue weighted by atomic mass is 10.2. The smallest absolute Gasteiger partial charge is 0.350 e. The molecule has 0 unspecified atom stereocenters. The number of ether oxygens (including phenoxy) is 1. The number of nitro groups is 1. The number of anilines is 1. The van der Waals surface area contributed by atoms with Crippen LogP contribution in [0.2, 0.25) is 0 Å². The first-order valence-corrected chi connectivity index (χ1v) is 11.7. The second kappa shape index (κ2) is 11.7. The zero-order valence-electron chi connectivity index (χ0n) is 21.2. The number of hydrogen-bond donors (Lipinski definition) is 2. The summed E-state index contributed by atoms with van der Waals surface area (Å²) in [4.78, 5) is 60.9. The van der Waals surface area contributed by atoms with Crippen molar-refractivity contribution in [3.05, 3.63) is 116 Å². The largest absolute Gasteiger partial charge is 0.422 e. The average molecular weight is 543 g/mol. The topological polar surface area (TPSA) is 167 Å². The monoisotopic (exact) mass is 542 g/mol. The molecule has 0 atom stereocenters. The van der Waals surface area contributed by atoms with Crippen molar-refractivity contribution in [2.24, 2.45) is 12.1 Å². The van der Waals surface area contributed by atoms with Gasteiger partial charge in [0.25, 0.3) is 11.2 Å². The van der Waals surface area contributed by atoms with Crippen molar-refractivity contribution < 1.29 is 24.0 Å². The van der Waals surface area contributed by atoms with E-state index in [1.54, 1.807) is 61.1 Å². The van der Waals surface area contributed by atoms with Gasteiger partial charge in [0.05, 0.1) is 22.5 Å². The number of amides is 2. The van der Waals surface area contributed by atoms with Crippen LogP contribution in [0.1, 0.15) is 21.6 Å². The summed E-state index contributed by atoms with van der Waals surface area (Å²) < 4.78 is 8.21. The number of para-hydroxylation sites is 3. The zero-order valence-corrected chi connectivity index (χ0v) is 21.2. The van der Waals surface area contributed by atoms with Gasteiger partial charge in [-0.2, -0.15) is 5.10 Å². The Morgan fingerprint density at radius 1 is 0.950 bits per heavy atom. The summed E-state index contributed by atoms with van der Waals surface area (Å²) in [6, 6.07) is 20.2. The number of carbonyl (C=O) groups excluding carboxylic acids is 3. The molecule has 0 fully saturated rings. The number of nitrogens with zero attached hydrogens (tertiary/aromatic N) is 4. The number of hydrogen-bond acceptors (Lipinski definition) is 8. The number of nitrogens with one attached hydrogen (secondary N) is 2. The first-order chi connectivity index (χ1) is 19.2. The van der Waals surface area contributed by atoms with Gasteiger partial charge >= 0.3 is 17.8 Å². The van der Waals surface area contributed by atoms with Crippen LogP contribution in [0.15, 0.2) is 88.8 Å². The van der Waals surface area contributed by atoms with Gasteiger partial charge in [0, 0.05) is 18.7 Å². The summed E-state index contributed by atoms with van der Waals surface area (Å²) in [6.45, 7) is 1.62. The molecule has 0 saturated heterocycles. The molecule has 13 nitrogen and oxygen atoms in total. The highest BCUT2D eigenvalue weighted by Gasteiger charge is 2.23. The quantitative estimate of drug-likeness (QED) is 0.0904. The molecule has 0 spiro atoms. The molecule has 4 rings (SSSR count). The highest BCUT2D eigenvalue weighted by molar-refractivity contribution is 6.39. The molecule has 2 N–H and O–H groups in total. The van der Waals surface area contributed by atoms with Crippen LogP contribution in [-0.4, -0.2) is 38.3 Å². The van der Waals surface area contributed by atoms with Gasteiger partial charge in [-0.3, -0.25) is 29.2 Å². The van der Waals surface area contributed by atoms with Gasteiger partial charge in [-0.15, -0.1) is 0 Å². The molecule has 202 valence electrons. The third kappa shape index (κ3) is 5.67. The van der Waals surface area contributed by atoms with Gasteiger partial charge in [0.1, 0.15) is 17.0 Å². The maximum atomic E-state index is 12.9. The van der Waals surface area contributed by atoms with Gasteiger partial charge in [0.15, 0.2) is 0 Å². The molecule has 2 amide bonds. The van der Waals surface area contributed by atoms with Gasteiger partial charge in [-0.1, -0.05) is 42.5 Å². The van der Waals surface area contributed by atoms with Crippen molar-refractivity contribution in [1.82, 2.24) is 14.8 Å². The lowest BCUT2D eigenvalue weighted by Crippen LogP contribution is -2.34. The minimum absolute atomic E-state index is 0.00877. The molecule has 3 aromatic carbocycles. The molecule has 13 heteroatoms.